The van der Waals surface area contributed by atoms with Crippen LogP contribution < -0.4 is 19.3 Å². The van der Waals surface area contributed by atoms with E-state index in [1.54, 1.807) is 54.5 Å². The first-order valence-electron chi connectivity index (χ1n) is 9.58. The number of hydrogen-bond acceptors (Lipinski definition) is 6. The Bertz CT molecular complexity index is 1000. The summed E-state index contributed by atoms with van der Waals surface area (Å²) in [6.07, 6.45) is 0.399. The average molecular weight is 408 g/mol. The molecule has 1 atom stereocenters. The monoisotopic (exact) mass is 408 g/mol. The number of carbonyl (C=O) groups excluding carboxylic acids is 4. The van der Waals surface area contributed by atoms with E-state index in [0.717, 1.165) is 4.90 Å². The van der Waals surface area contributed by atoms with Gasteiger partial charge in [0, 0.05) is 37.6 Å². The van der Waals surface area contributed by atoms with E-state index in [1.165, 1.54) is 6.07 Å². The number of nitrogens with zero attached hydrogens (tertiary/aromatic N) is 2. The second kappa shape index (κ2) is 7.98. The van der Waals surface area contributed by atoms with Crippen molar-refractivity contribution < 1.29 is 28.7 Å². The van der Waals surface area contributed by atoms with E-state index < -0.39 is 11.9 Å². The van der Waals surface area contributed by atoms with Crippen LogP contribution in [0.5, 0.6) is 11.5 Å². The van der Waals surface area contributed by atoms with Gasteiger partial charge in [0.05, 0.1) is 18.7 Å². The first-order valence-corrected chi connectivity index (χ1v) is 9.58. The van der Waals surface area contributed by atoms with Crippen molar-refractivity contribution in [3.05, 3.63) is 48.5 Å². The lowest BCUT2D eigenvalue weighted by Gasteiger charge is -2.17. The zero-order valence-corrected chi connectivity index (χ0v) is 16.4. The van der Waals surface area contributed by atoms with Crippen molar-refractivity contribution in [3.8, 4) is 11.5 Å². The lowest BCUT2D eigenvalue weighted by atomic mass is 10.1. The standard InChI is InChI=1S/C22H20N2O6/c1-29-17-7-5-15(6-8-17)23-13-14(11-21(23)27)22(28)30-18-4-2-3-16(12-18)24-19(25)9-10-20(24)26/h2-8,12,14H,9-11,13H2,1H3/t14-/m1/s1. The number of ether oxygens (including phenoxy) is 2. The third-order valence-corrected chi connectivity index (χ3v) is 5.19. The highest BCUT2D eigenvalue weighted by Crippen LogP contribution is 2.30. The number of rotatable bonds is 5. The van der Waals surface area contributed by atoms with Gasteiger partial charge in [-0.25, -0.2) is 0 Å². The Kier molecular flexibility index (Phi) is 5.22. The van der Waals surface area contributed by atoms with Gasteiger partial charge in [0.2, 0.25) is 17.7 Å². The van der Waals surface area contributed by atoms with Crippen LogP contribution in [0.25, 0.3) is 0 Å². The summed E-state index contributed by atoms with van der Waals surface area (Å²) in [6, 6.07) is 13.3. The minimum atomic E-state index is -0.613. The molecule has 30 heavy (non-hydrogen) atoms. The second-order valence-electron chi connectivity index (χ2n) is 7.14. The fourth-order valence-corrected chi connectivity index (χ4v) is 3.63. The number of anilines is 2. The van der Waals surface area contributed by atoms with Gasteiger partial charge in [0.15, 0.2) is 0 Å². The van der Waals surface area contributed by atoms with Gasteiger partial charge < -0.3 is 14.4 Å². The molecule has 0 aromatic heterocycles. The zero-order chi connectivity index (χ0) is 21.3. The maximum Gasteiger partial charge on any atom is 0.316 e. The summed E-state index contributed by atoms with van der Waals surface area (Å²) in [7, 11) is 1.56. The predicted molar refractivity (Wildman–Crippen MR) is 107 cm³/mol. The van der Waals surface area contributed by atoms with Gasteiger partial charge in [0.25, 0.3) is 0 Å². The van der Waals surface area contributed by atoms with Crippen molar-refractivity contribution in [2.75, 3.05) is 23.5 Å². The summed E-state index contributed by atoms with van der Waals surface area (Å²) in [5.41, 5.74) is 1.05. The molecule has 0 bridgehead atoms. The molecule has 0 aliphatic carbocycles. The molecule has 2 aliphatic rings. The zero-order valence-electron chi connectivity index (χ0n) is 16.4. The van der Waals surface area contributed by atoms with Crippen LogP contribution in [0, 0.1) is 5.92 Å². The number of hydrogen-bond donors (Lipinski definition) is 0. The van der Waals surface area contributed by atoms with E-state index in [2.05, 4.69) is 0 Å². The molecule has 2 aliphatic heterocycles. The van der Waals surface area contributed by atoms with Crippen LogP contribution >= 0.6 is 0 Å². The topological polar surface area (TPSA) is 93.2 Å². The Morgan fingerprint density at radius 2 is 1.60 bits per heavy atom. The van der Waals surface area contributed by atoms with Crippen molar-refractivity contribution in [2.24, 2.45) is 5.92 Å². The second-order valence-corrected chi connectivity index (χ2v) is 7.14. The smallest absolute Gasteiger partial charge is 0.316 e. The van der Waals surface area contributed by atoms with E-state index in [4.69, 9.17) is 9.47 Å². The number of esters is 1. The number of carbonyl (C=O) groups is 4. The quantitative estimate of drug-likeness (QED) is 0.428. The molecule has 2 aromatic rings. The molecule has 0 N–H and O–H groups in total. The fraction of sp³-hybridized carbons (Fsp3) is 0.273. The van der Waals surface area contributed by atoms with Crippen LogP contribution in [0.4, 0.5) is 11.4 Å². The van der Waals surface area contributed by atoms with Crippen LogP contribution in [0.3, 0.4) is 0 Å². The molecule has 8 heteroatoms. The van der Waals surface area contributed by atoms with Crippen LogP contribution in [-0.4, -0.2) is 37.3 Å². The Morgan fingerprint density at radius 1 is 0.900 bits per heavy atom. The maximum atomic E-state index is 12.6. The van der Waals surface area contributed by atoms with Crippen molar-refractivity contribution in [3.63, 3.8) is 0 Å². The van der Waals surface area contributed by atoms with Gasteiger partial charge in [-0.15, -0.1) is 0 Å². The van der Waals surface area contributed by atoms with E-state index in [1.807, 2.05) is 0 Å². The van der Waals surface area contributed by atoms with Gasteiger partial charge in [-0.3, -0.25) is 24.1 Å². The summed E-state index contributed by atoms with van der Waals surface area (Å²) in [6.45, 7) is 0.215. The van der Waals surface area contributed by atoms with Gasteiger partial charge in [-0.05, 0) is 36.4 Å². The Hall–Kier alpha value is -3.68. The molecule has 2 fully saturated rings. The van der Waals surface area contributed by atoms with Crippen LogP contribution in [0.15, 0.2) is 48.5 Å². The SMILES string of the molecule is COc1ccc(N2C[C@H](C(=O)Oc3cccc(N4C(=O)CCC4=O)c3)CC2=O)cc1. The summed E-state index contributed by atoms with van der Waals surface area (Å²) in [5, 5.41) is 0. The first kappa shape index (κ1) is 19.6. The maximum absolute atomic E-state index is 12.6. The van der Waals surface area contributed by atoms with Crippen LogP contribution in [0.1, 0.15) is 19.3 Å². The van der Waals surface area contributed by atoms with Crippen molar-refractivity contribution in [2.45, 2.75) is 19.3 Å². The van der Waals surface area contributed by atoms with Gasteiger partial charge in [-0.1, -0.05) is 6.07 Å². The Balaban J connectivity index is 1.44. The largest absolute Gasteiger partial charge is 0.497 e. The van der Waals surface area contributed by atoms with Gasteiger partial charge in [0.1, 0.15) is 11.5 Å². The van der Waals surface area contributed by atoms with Crippen molar-refractivity contribution in [1.29, 1.82) is 0 Å². The molecule has 2 saturated heterocycles. The predicted octanol–water partition coefficient (Wildman–Crippen LogP) is 2.31. The average Bonchev–Trinajstić information content (AvgIpc) is 3.30. The molecule has 154 valence electrons. The molecular weight excluding hydrogens is 388 g/mol. The molecule has 2 heterocycles. The summed E-state index contributed by atoms with van der Waals surface area (Å²) in [5.74, 6) is -0.963. The van der Waals surface area contributed by atoms with Crippen molar-refractivity contribution >= 4 is 35.1 Å². The number of methoxy groups -OCH3 is 1. The fourth-order valence-electron chi connectivity index (χ4n) is 3.63. The normalized spacial score (nSPS) is 18.8. The molecule has 4 rings (SSSR count). The lowest BCUT2D eigenvalue weighted by Crippen LogP contribution is -2.29. The molecule has 0 unspecified atom stereocenters. The number of benzene rings is 2. The summed E-state index contributed by atoms with van der Waals surface area (Å²) in [4.78, 5) is 51.5. The lowest BCUT2D eigenvalue weighted by molar-refractivity contribution is -0.139. The third kappa shape index (κ3) is 3.76. The number of amides is 3. The summed E-state index contributed by atoms with van der Waals surface area (Å²) < 4.78 is 10.6. The van der Waals surface area contributed by atoms with E-state index >= 15 is 0 Å². The molecule has 2 aromatic carbocycles. The molecule has 3 amide bonds. The first-order chi connectivity index (χ1) is 14.5. The van der Waals surface area contributed by atoms with E-state index in [-0.39, 0.29) is 49.3 Å². The highest BCUT2D eigenvalue weighted by Gasteiger charge is 2.36. The van der Waals surface area contributed by atoms with E-state index in [9.17, 15) is 19.2 Å². The highest BCUT2D eigenvalue weighted by atomic mass is 16.5. The molecule has 0 saturated carbocycles. The molecule has 0 spiro atoms. The number of imide groups is 1. The van der Waals surface area contributed by atoms with Crippen LogP contribution in [0.2, 0.25) is 0 Å². The minimum Gasteiger partial charge on any atom is -0.497 e. The Morgan fingerprint density at radius 3 is 2.27 bits per heavy atom. The molecule has 8 nitrogen and oxygen atoms in total. The van der Waals surface area contributed by atoms with Gasteiger partial charge >= 0.3 is 5.97 Å². The van der Waals surface area contributed by atoms with Crippen molar-refractivity contribution in [1.82, 2.24) is 0 Å². The van der Waals surface area contributed by atoms with Gasteiger partial charge in [-0.2, -0.15) is 0 Å². The summed E-state index contributed by atoms with van der Waals surface area (Å²) >= 11 is 0. The third-order valence-electron chi connectivity index (χ3n) is 5.19. The Labute approximate surface area is 173 Å². The highest BCUT2D eigenvalue weighted by molar-refractivity contribution is 6.19. The molecule has 0 radical (unpaired) electrons. The minimum absolute atomic E-state index is 0.0493. The van der Waals surface area contributed by atoms with Crippen LogP contribution in [-0.2, 0) is 19.2 Å². The van der Waals surface area contributed by atoms with E-state index in [0.29, 0.717) is 17.1 Å². The molecular formula is C22H20N2O6.